The van der Waals surface area contributed by atoms with Gasteiger partial charge in [0.2, 0.25) is 41.3 Å². The number of halogens is 1. The highest BCUT2D eigenvalue weighted by molar-refractivity contribution is 14.1. The van der Waals surface area contributed by atoms with Crippen molar-refractivity contribution in [2.45, 2.75) is 115 Å². The molecule has 3 atom stereocenters. The maximum atomic E-state index is 14.1. The molecule has 9 N–H and O–H groups in total. The number of allylic oxidation sites excluding steroid dienone is 2. The van der Waals surface area contributed by atoms with Gasteiger partial charge in [-0.3, -0.25) is 37.9 Å². The Hall–Kier alpha value is -5.61. The van der Waals surface area contributed by atoms with E-state index in [2.05, 4.69) is 48.8 Å². The van der Waals surface area contributed by atoms with Crippen LogP contribution in [0.2, 0.25) is 0 Å². The number of carbonyl (C=O) groups excluding carboxylic acids is 6. The second-order valence-electron chi connectivity index (χ2n) is 18.2. The molecule has 4 aromatic rings. The zero-order valence-corrected chi connectivity index (χ0v) is 49.7. The molecular formula is C50H65IN8O16S5. The summed E-state index contributed by atoms with van der Waals surface area (Å²) in [6, 6.07) is 5.99. The van der Waals surface area contributed by atoms with Gasteiger partial charge in [-0.1, -0.05) is 47.7 Å². The van der Waals surface area contributed by atoms with Crippen LogP contribution in [0.3, 0.4) is 0 Å². The predicted octanol–water partition coefficient (Wildman–Crippen LogP) is 3.49. The molecule has 0 fully saturated rings. The Morgan fingerprint density at radius 2 is 1.40 bits per heavy atom. The number of thiol groups is 1. The van der Waals surface area contributed by atoms with Gasteiger partial charge in [0, 0.05) is 72.8 Å². The molecule has 3 aromatic heterocycles. The normalized spacial score (nSPS) is 19.6. The maximum absolute atomic E-state index is 14.1. The van der Waals surface area contributed by atoms with E-state index < -0.39 is 82.8 Å². The van der Waals surface area contributed by atoms with E-state index >= 15 is 0 Å². The van der Waals surface area contributed by atoms with Gasteiger partial charge in [0.25, 0.3) is 0 Å². The zero-order valence-electron chi connectivity index (χ0n) is 43.4. The molecule has 2 aliphatic rings. The molecule has 6 amide bonds. The minimum atomic E-state index is -4.60. The van der Waals surface area contributed by atoms with Crippen molar-refractivity contribution in [2.24, 2.45) is 0 Å². The second kappa shape index (κ2) is 32.7. The van der Waals surface area contributed by atoms with Gasteiger partial charge in [-0.05, 0) is 100 Å². The number of amides is 6. The van der Waals surface area contributed by atoms with Gasteiger partial charge >= 0.3 is 20.2 Å². The Kier molecular flexibility index (Phi) is 26.7. The van der Waals surface area contributed by atoms with E-state index in [-0.39, 0.29) is 102 Å². The minimum absolute atomic E-state index is 0.00584. The lowest BCUT2D eigenvalue weighted by atomic mass is 10.1. The van der Waals surface area contributed by atoms with Gasteiger partial charge in [0.05, 0.1) is 17.2 Å². The van der Waals surface area contributed by atoms with E-state index in [1.54, 1.807) is 12.1 Å². The summed E-state index contributed by atoms with van der Waals surface area (Å²) in [5.41, 5.74) is 1.02. The summed E-state index contributed by atoms with van der Waals surface area (Å²) in [6.45, 7) is 5.09. The first kappa shape index (κ1) is 65.2. The largest absolute Gasteiger partial charge is 0.492 e. The molecular weight excluding hydrogens is 1260 g/mol. The van der Waals surface area contributed by atoms with Gasteiger partial charge in [-0.2, -0.15) is 16.8 Å². The fourth-order valence-corrected chi connectivity index (χ4v) is 12.3. The third-order valence-electron chi connectivity index (χ3n) is 12.1. The molecule has 0 radical (unpaired) electrons. The van der Waals surface area contributed by atoms with E-state index in [9.17, 15) is 63.1 Å². The van der Waals surface area contributed by atoms with Crippen molar-refractivity contribution in [3.8, 4) is 17.1 Å². The average molecular weight is 1320 g/mol. The number of thiophene rings is 2. The van der Waals surface area contributed by atoms with Gasteiger partial charge in [-0.25, -0.2) is 13.4 Å². The van der Waals surface area contributed by atoms with Crippen molar-refractivity contribution < 1.29 is 72.3 Å². The lowest BCUT2D eigenvalue weighted by Crippen LogP contribution is -2.54. The third-order valence-corrected chi connectivity index (χ3v) is 18.4. The number of nitrogens with one attached hydrogen (secondary N) is 7. The Labute approximate surface area is 487 Å². The lowest BCUT2D eigenvalue weighted by molar-refractivity contribution is -0.132. The minimum Gasteiger partial charge on any atom is -0.492 e. The van der Waals surface area contributed by atoms with E-state index in [1.165, 1.54) is 36.5 Å². The van der Waals surface area contributed by atoms with Crippen LogP contribution in [0.15, 0.2) is 85.1 Å². The number of benzene rings is 1. The van der Waals surface area contributed by atoms with Crippen LogP contribution < -0.4 is 42.0 Å². The standard InChI is InChI=1S/C50H65IN8O16S5/c1-2-32-20-23-52-21-8-3-5-12-42(60)57-37(28-34-15-18-45(76-34)79(68,69)70)48(64)54-22-9-7-11-36(47(63)55-25-24-53-44(62)30-51)59-49(65)38(29-35-16-19-46(77-35)80(71,72)73)58-43(61)13-6-4-10-26-74-39-17-14-33(27-41(39)78(66)67)40-31-56-50(32)75-40/h2,14-20,27,31,36-38,52,78H,1,3-13,21-26,28-30H2,(H,53,62)(H,54,64)(H,55,63)(H,57,60)(H,58,61)(H,59,65)(H,68,69,70)(H,71,72,73)/b32-20+. The average Bonchev–Trinajstić information content (AvgIpc) is 4.27. The first-order valence-corrected chi connectivity index (χ1v) is 32.7. The fraction of sp³-hybridized carbons (Fsp3) is 0.460. The van der Waals surface area contributed by atoms with Crippen LogP contribution in [-0.2, 0) is 72.5 Å². The maximum Gasteiger partial charge on any atom is 0.304 e. The predicted molar refractivity (Wildman–Crippen MR) is 307 cm³/mol. The van der Waals surface area contributed by atoms with E-state index in [1.807, 2.05) is 28.7 Å². The van der Waals surface area contributed by atoms with Crippen molar-refractivity contribution >= 4 is 117 Å². The molecule has 2 aliphatic heterocycles. The van der Waals surface area contributed by atoms with Crippen molar-refractivity contribution in [3.63, 3.8) is 0 Å². The second-order valence-corrected chi connectivity index (χ2v) is 25.6. The molecule has 4 bridgehead atoms. The molecule has 80 heavy (non-hydrogen) atoms. The van der Waals surface area contributed by atoms with Crippen LogP contribution in [0.4, 0.5) is 0 Å². The van der Waals surface area contributed by atoms with Crippen LogP contribution in [0, 0.1) is 0 Å². The fourth-order valence-electron chi connectivity index (χ4n) is 7.95. The summed E-state index contributed by atoms with van der Waals surface area (Å²) in [7, 11) is -12.2. The molecule has 0 saturated carbocycles. The van der Waals surface area contributed by atoms with Gasteiger partial charge in [0.15, 0.2) is 16.5 Å². The van der Waals surface area contributed by atoms with Crippen molar-refractivity contribution in [3.05, 3.63) is 83.0 Å². The highest BCUT2D eigenvalue weighted by atomic mass is 127. The molecule has 6 rings (SSSR count). The molecule has 0 saturated heterocycles. The molecule has 30 heteroatoms. The Morgan fingerprint density at radius 3 is 2.00 bits per heavy atom. The summed E-state index contributed by atoms with van der Waals surface area (Å²) in [4.78, 5) is 85.0. The van der Waals surface area contributed by atoms with Crippen molar-refractivity contribution in [2.75, 3.05) is 43.8 Å². The molecule has 3 unspecified atom stereocenters. The number of hydrogen-bond acceptors (Lipinski definition) is 18. The number of rotatable bonds is 13. The lowest BCUT2D eigenvalue weighted by Gasteiger charge is -2.23. The quantitative estimate of drug-likeness (QED) is 0.0301. The Bertz CT molecular complexity index is 3130. The molecule has 0 spiro atoms. The summed E-state index contributed by atoms with van der Waals surface area (Å²) < 4.78 is 103. The number of oxazole rings is 1. The number of aromatic nitrogens is 1. The first-order chi connectivity index (χ1) is 38.1. The molecule has 1 aromatic carbocycles. The van der Waals surface area contributed by atoms with Crippen LogP contribution >= 0.6 is 45.3 Å². The number of fused-ring (bicyclic) bond motifs is 30. The summed E-state index contributed by atoms with van der Waals surface area (Å²) in [5, 5.41) is 19.5. The molecule has 24 nitrogen and oxygen atoms in total. The van der Waals surface area contributed by atoms with Gasteiger partial charge in [0.1, 0.15) is 37.2 Å². The van der Waals surface area contributed by atoms with Crippen LogP contribution in [-0.4, -0.2) is 137 Å². The number of ether oxygens (including phenoxy) is 1. The smallest absolute Gasteiger partial charge is 0.304 e. The van der Waals surface area contributed by atoms with E-state index in [0.29, 0.717) is 89.6 Å². The van der Waals surface area contributed by atoms with Crippen LogP contribution in [0.25, 0.3) is 16.9 Å². The highest BCUT2D eigenvalue weighted by Gasteiger charge is 2.29. The number of nitrogens with zero attached hydrogens (tertiary/aromatic N) is 1. The van der Waals surface area contributed by atoms with Crippen molar-refractivity contribution in [1.82, 2.24) is 42.2 Å². The highest BCUT2D eigenvalue weighted by Crippen LogP contribution is 2.30. The summed E-state index contributed by atoms with van der Waals surface area (Å²) in [6.07, 6.45) is 8.03. The summed E-state index contributed by atoms with van der Waals surface area (Å²) in [5.74, 6) is -2.62. The Balaban J connectivity index is 1.35. The Morgan fingerprint density at radius 1 is 0.787 bits per heavy atom. The number of hydrogen-bond donors (Lipinski definition) is 10. The zero-order chi connectivity index (χ0) is 58.2. The summed E-state index contributed by atoms with van der Waals surface area (Å²) >= 11 is 3.31. The SMILES string of the molecule is C=C/C1=C\CNCCCCCC(=O)NC(Cc2ccc(S(=O)(=O)O)s2)C(=O)NCCCCC(C(=O)NCCNC(=O)CI)NC(=O)C(Cc2ccc(S(=O)(=O)O)s2)NC(=O)CCCCCOc2ccc(cc2[SH](=O)=O)-c2cnc1o2. The topological polar surface area (TPSA) is 365 Å². The third kappa shape index (κ3) is 22.0. The molecule has 5 heterocycles. The van der Waals surface area contributed by atoms with Crippen LogP contribution in [0.5, 0.6) is 5.75 Å². The van der Waals surface area contributed by atoms with Gasteiger partial charge in [-0.15, -0.1) is 22.7 Å². The molecule has 438 valence electrons. The first-order valence-electron chi connectivity index (χ1n) is 25.5. The van der Waals surface area contributed by atoms with Gasteiger partial charge < -0.3 is 46.4 Å². The van der Waals surface area contributed by atoms with E-state index in [0.717, 1.165) is 17.4 Å². The number of carbonyl (C=O) groups is 6. The van der Waals surface area contributed by atoms with E-state index in [4.69, 9.17) is 9.15 Å². The monoisotopic (exact) mass is 1320 g/mol. The number of alkyl halides is 1. The van der Waals surface area contributed by atoms with Crippen molar-refractivity contribution in [1.29, 1.82) is 0 Å². The van der Waals surface area contributed by atoms with Crippen LogP contribution in [0.1, 0.15) is 86.3 Å². The molecule has 0 aliphatic carbocycles.